The van der Waals surface area contributed by atoms with Crippen molar-refractivity contribution in [1.82, 2.24) is 14.7 Å². The summed E-state index contributed by atoms with van der Waals surface area (Å²) in [5.41, 5.74) is 0. The molecule has 11 nitrogen and oxygen atoms in total. The Kier molecular flexibility index (Phi) is 11.4. The second-order valence-electron chi connectivity index (χ2n) is 6.52. The van der Waals surface area contributed by atoms with Gasteiger partial charge < -0.3 is 20.4 Å². The van der Waals surface area contributed by atoms with Crippen molar-refractivity contribution in [3.63, 3.8) is 0 Å². The molecule has 0 fully saturated rings. The zero-order valence-electron chi connectivity index (χ0n) is 16.3. The minimum atomic E-state index is -5.87. The fraction of sp³-hybridized carbons (Fsp3) is 0.733. The maximum absolute atomic E-state index is 13.0. The topological polar surface area (TPSA) is 159 Å². The molecule has 17 heteroatoms. The first kappa shape index (κ1) is 29.3. The number of hydrogen-bond acceptors (Lipinski definition) is 7. The Hall–Kier alpha value is -2.66. The first-order valence-electron chi connectivity index (χ1n) is 8.62. The molecule has 0 saturated carbocycles. The SMILES string of the molecule is O=C(O)CN(CCN(CC(=O)O)CC(=O)O)CCN(CC(=O)O)C(C(F)(F)F)C(F)(F)F. The Morgan fingerprint density at radius 1 is 0.562 bits per heavy atom. The Bertz CT molecular complexity index is 643. The Morgan fingerprint density at radius 3 is 1.22 bits per heavy atom. The lowest BCUT2D eigenvalue weighted by atomic mass is 10.2. The minimum absolute atomic E-state index is 0.396. The third-order valence-electron chi connectivity index (χ3n) is 3.84. The summed E-state index contributed by atoms with van der Waals surface area (Å²) < 4.78 is 77.8. The lowest BCUT2D eigenvalue weighted by Gasteiger charge is -2.34. The molecule has 0 atom stereocenters. The van der Waals surface area contributed by atoms with Gasteiger partial charge in [0, 0.05) is 26.2 Å². The molecule has 0 aliphatic heterocycles. The van der Waals surface area contributed by atoms with Crippen LogP contribution in [0.4, 0.5) is 26.3 Å². The van der Waals surface area contributed by atoms with Crippen LogP contribution in [0, 0.1) is 0 Å². The van der Waals surface area contributed by atoms with Gasteiger partial charge in [-0.15, -0.1) is 0 Å². The van der Waals surface area contributed by atoms with Gasteiger partial charge in [-0.25, -0.2) is 0 Å². The van der Waals surface area contributed by atoms with Crippen LogP contribution in [0.25, 0.3) is 0 Å². The van der Waals surface area contributed by atoms with Crippen LogP contribution in [-0.2, 0) is 19.2 Å². The zero-order valence-corrected chi connectivity index (χ0v) is 16.3. The van der Waals surface area contributed by atoms with Crippen molar-refractivity contribution in [1.29, 1.82) is 0 Å². The second-order valence-corrected chi connectivity index (χ2v) is 6.52. The molecule has 0 aliphatic carbocycles. The smallest absolute Gasteiger partial charge is 0.412 e. The number of alkyl halides is 6. The lowest BCUT2D eigenvalue weighted by Crippen LogP contribution is -2.57. The number of aliphatic carboxylic acids is 4. The fourth-order valence-electron chi connectivity index (χ4n) is 2.68. The van der Waals surface area contributed by atoms with Crippen LogP contribution >= 0.6 is 0 Å². The van der Waals surface area contributed by atoms with Gasteiger partial charge in [-0.05, 0) is 0 Å². The molecule has 0 unspecified atom stereocenters. The van der Waals surface area contributed by atoms with Gasteiger partial charge >= 0.3 is 36.2 Å². The van der Waals surface area contributed by atoms with E-state index in [-0.39, 0.29) is 0 Å². The molecule has 0 amide bonds. The van der Waals surface area contributed by atoms with Crippen molar-refractivity contribution in [2.45, 2.75) is 18.4 Å². The molecule has 0 aromatic carbocycles. The first-order chi connectivity index (χ1) is 14.4. The predicted molar refractivity (Wildman–Crippen MR) is 90.9 cm³/mol. The van der Waals surface area contributed by atoms with Crippen molar-refractivity contribution in [2.24, 2.45) is 0 Å². The number of rotatable bonds is 15. The summed E-state index contributed by atoms with van der Waals surface area (Å²) in [6.07, 6.45) is -11.7. The van der Waals surface area contributed by atoms with Gasteiger partial charge in [0.25, 0.3) is 0 Å². The van der Waals surface area contributed by atoms with E-state index in [2.05, 4.69) is 0 Å². The first-order valence-corrected chi connectivity index (χ1v) is 8.62. The average molecular weight is 485 g/mol. The van der Waals surface area contributed by atoms with Crippen LogP contribution in [0.1, 0.15) is 0 Å². The van der Waals surface area contributed by atoms with Crippen LogP contribution in [0.5, 0.6) is 0 Å². The van der Waals surface area contributed by atoms with Gasteiger partial charge in [-0.2, -0.15) is 26.3 Å². The molecular formula is C15H21F6N3O8. The van der Waals surface area contributed by atoms with E-state index in [1.807, 2.05) is 0 Å². The molecular weight excluding hydrogens is 464 g/mol. The molecule has 0 aromatic rings. The quantitative estimate of drug-likeness (QED) is 0.226. The van der Waals surface area contributed by atoms with Crippen LogP contribution < -0.4 is 0 Å². The summed E-state index contributed by atoms with van der Waals surface area (Å²) in [5, 5.41) is 35.2. The second kappa shape index (κ2) is 12.4. The van der Waals surface area contributed by atoms with E-state index in [1.54, 1.807) is 0 Å². The van der Waals surface area contributed by atoms with Crippen molar-refractivity contribution in [2.75, 3.05) is 52.4 Å². The number of hydrogen-bond donors (Lipinski definition) is 4. The molecule has 0 saturated heterocycles. The Balaban J connectivity index is 5.50. The van der Waals surface area contributed by atoms with Crippen molar-refractivity contribution in [3.05, 3.63) is 0 Å². The normalized spacial score (nSPS) is 12.7. The number of carboxylic acids is 4. The molecule has 0 rings (SSSR count). The van der Waals surface area contributed by atoms with E-state index >= 15 is 0 Å². The Labute approximate surface area is 176 Å². The molecule has 0 aliphatic rings. The average Bonchev–Trinajstić information content (AvgIpc) is 2.52. The maximum atomic E-state index is 13.0. The van der Waals surface area contributed by atoms with Crippen LogP contribution in [0.15, 0.2) is 0 Å². The van der Waals surface area contributed by atoms with Crippen molar-refractivity contribution >= 4 is 23.9 Å². The molecule has 0 aromatic heterocycles. The van der Waals surface area contributed by atoms with Crippen molar-refractivity contribution in [3.8, 4) is 0 Å². The molecule has 186 valence electrons. The predicted octanol–water partition coefficient (Wildman–Crippen LogP) is -0.276. The molecule has 0 radical (unpaired) electrons. The van der Waals surface area contributed by atoms with Crippen LogP contribution in [0.2, 0.25) is 0 Å². The number of carboxylic acid groups (broad SMARTS) is 4. The van der Waals surface area contributed by atoms with Gasteiger partial charge in [-0.3, -0.25) is 33.9 Å². The standard InChI is InChI=1S/C15H21F6N3O8/c16-14(17,18)13(15(19,20)21)24(8-12(31)32)4-3-22(5-9(25)26)1-2-23(6-10(27)28)7-11(29)30/h13H,1-8H2,(H,25,26)(H,27,28)(H,29,30)(H,31,32). The Morgan fingerprint density at radius 2 is 0.875 bits per heavy atom. The highest BCUT2D eigenvalue weighted by molar-refractivity contribution is 5.72. The highest BCUT2D eigenvalue weighted by atomic mass is 19.4. The third-order valence-corrected chi connectivity index (χ3v) is 3.84. The van der Waals surface area contributed by atoms with Gasteiger partial charge in [-0.1, -0.05) is 0 Å². The van der Waals surface area contributed by atoms with E-state index < -0.39 is 99.5 Å². The van der Waals surface area contributed by atoms with Crippen LogP contribution in [0.3, 0.4) is 0 Å². The van der Waals surface area contributed by atoms with Gasteiger partial charge in [0.1, 0.15) is 0 Å². The molecule has 0 bridgehead atoms. The summed E-state index contributed by atoms with van der Waals surface area (Å²) in [4.78, 5) is 44.6. The largest absolute Gasteiger partial charge is 0.480 e. The van der Waals surface area contributed by atoms with Gasteiger partial charge in [0.15, 0.2) is 0 Å². The third kappa shape index (κ3) is 12.3. The highest BCUT2D eigenvalue weighted by Crippen LogP contribution is 2.37. The zero-order chi connectivity index (χ0) is 25.3. The number of nitrogens with zero attached hydrogens (tertiary/aromatic N) is 3. The van der Waals surface area contributed by atoms with E-state index in [0.29, 0.717) is 0 Å². The minimum Gasteiger partial charge on any atom is -0.480 e. The summed E-state index contributed by atoms with van der Waals surface area (Å²) in [6, 6.07) is -4.12. The number of carbonyl (C=O) groups is 4. The fourth-order valence-corrected chi connectivity index (χ4v) is 2.68. The van der Waals surface area contributed by atoms with Crippen molar-refractivity contribution < 1.29 is 65.9 Å². The van der Waals surface area contributed by atoms with Gasteiger partial charge in [0.2, 0.25) is 6.04 Å². The summed E-state index contributed by atoms with van der Waals surface area (Å²) in [7, 11) is 0. The lowest BCUT2D eigenvalue weighted by molar-refractivity contribution is -0.287. The van der Waals surface area contributed by atoms with E-state index in [4.69, 9.17) is 20.4 Å². The summed E-state index contributed by atoms with van der Waals surface area (Å²) in [5.74, 6) is -6.37. The monoisotopic (exact) mass is 485 g/mol. The van der Waals surface area contributed by atoms with Crippen LogP contribution in [-0.4, -0.2) is 130 Å². The molecule has 0 heterocycles. The number of halogens is 6. The van der Waals surface area contributed by atoms with E-state index in [0.717, 1.165) is 9.80 Å². The van der Waals surface area contributed by atoms with E-state index in [9.17, 15) is 45.5 Å². The van der Waals surface area contributed by atoms with Gasteiger partial charge in [0.05, 0.1) is 26.2 Å². The highest BCUT2D eigenvalue weighted by Gasteiger charge is 2.59. The summed E-state index contributed by atoms with van der Waals surface area (Å²) >= 11 is 0. The summed E-state index contributed by atoms with van der Waals surface area (Å²) in [6.45, 7) is -6.84. The molecule has 32 heavy (non-hydrogen) atoms. The van der Waals surface area contributed by atoms with E-state index in [1.165, 1.54) is 0 Å². The maximum Gasteiger partial charge on any atom is 0.412 e. The molecule has 0 spiro atoms. The molecule has 4 N–H and O–H groups in total.